The largest absolute Gasteiger partial charge is 0.490 e. The maximum atomic E-state index is 12.2. The summed E-state index contributed by atoms with van der Waals surface area (Å²) in [7, 11) is 0. The molecule has 0 saturated carbocycles. The lowest BCUT2D eigenvalue weighted by Crippen LogP contribution is -2.42. The highest BCUT2D eigenvalue weighted by molar-refractivity contribution is 5.94. The van der Waals surface area contributed by atoms with E-state index >= 15 is 0 Å². The molecule has 0 aliphatic carbocycles. The zero-order valence-electron chi connectivity index (χ0n) is 10.9. The van der Waals surface area contributed by atoms with Crippen LogP contribution in [0.1, 0.15) is 23.2 Å². The first-order valence-corrected chi connectivity index (χ1v) is 6.52. The van der Waals surface area contributed by atoms with Crippen LogP contribution in [0.2, 0.25) is 0 Å². The summed E-state index contributed by atoms with van der Waals surface area (Å²) in [6, 6.07) is 7.05. The molecule has 1 atom stereocenters. The summed E-state index contributed by atoms with van der Waals surface area (Å²) in [5, 5.41) is 9.59. The first-order valence-electron chi connectivity index (χ1n) is 6.52. The van der Waals surface area contributed by atoms with Crippen molar-refractivity contribution in [3.63, 3.8) is 0 Å². The van der Waals surface area contributed by atoms with Crippen LogP contribution < -0.4 is 4.74 Å². The summed E-state index contributed by atoms with van der Waals surface area (Å²) in [5.41, 5.74) is 0.625. The van der Waals surface area contributed by atoms with E-state index in [1.54, 1.807) is 35.2 Å². The summed E-state index contributed by atoms with van der Waals surface area (Å²) >= 11 is 0. The second-order valence-corrected chi connectivity index (χ2v) is 4.67. The average molecular weight is 261 g/mol. The predicted octanol–water partition coefficient (Wildman–Crippen LogP) is 1.85. The van der Waals surface area contributed by atoms with Crippen LogP contribution in [0.5, 0.6) is 5.75 Å². The Labute approximate surface area is 113 Å². The summed E-state index contributed by atoms with van der Waals surface area (Å²) in [6.07, 6.45) is 2.91. The van der Waals surface area contributed by atoms with Crippen molar-refractivity contribution in [2.24, 2.45) is 0 Å². The minimum absolute atomic E-state index is 0.0333. The van der Waals surface area contributed by atoms with E-state index in [1.165, 1.54) is 0 Å². The molecule has 0 spiro atoms. The Hall–Kier alpha value is -1.81. The lowest BCUT2D eigenvalue weighted by Gasteiger charge is -2.30. The van der Waals surface area contributed by atoms with Gasteiger partial charge in [-0.15, -0.1) is 0 Å². The van der Waals surface area contributed by atoms with Crippen molar-refractivity contribution < 1.29 is 14.6 Å². The van der Waals surface area contributed by atoms with Gasteiger partial charge in [0.1, 0.15) is 12.4 Å². The van der Waals surface area contributed by atoms with E-state index in [4.69, 9.17) is 4.74 Å². The van der Waals surface area contributed by atoms with Gasteiger partial charge in [0.15, 0.2) is 0 Å². The van der Waals surface area contributed by atoms with Gasteiger partial charge in [0.25, 0.3) is 5.91 Å². The van der Waals surface area contributed by atoms with Crippen molar-refractivity contribution in [1.29, 1.82) is 0 Å². The van der Waals surface area contributed by atoms with Gasteiger partial charge in [-0.05, 0) is 37.1 Å². The lowest BCUT2D eigenvalue weighted by atomic mass is 10.1. The van der Waals surface area contributed by atoms with Gasteiger partial charge in [-0.2, -0.15) is 0 Å². The molecule has 1 aromatic carbocycles. The molecule has 1 heterocycles. The van der Waals surface area contributed by atoms with Crippen LogP contribution in [0.25, 0.3) is 0 Å². The Kier molecular flexibility index (Phi) is 4.58. The first kappa shape index (κ1) is 13.6. The van der Waals surface area contributed by atoms with Gasteiger partial charge in [-0.3, -0.25) is 4.79 Å². The van der Waals surface area contributed by atoms with Gasteiger partial charge in [0, 0.05) is 18.7 Å². The fourth-order valence-corrected chi connectivity index (χ4v) is 2.17. The highest BCUT2D eigenvalue weighted by atomic mass is 16.5. The third kappa shape index (κ3) is 3.58. The number of hydrogen-bond donors (Lipinski definition) is 1. The van der Waals surface area contributed by atoms with Crippen LogP contribution in [0.3, 0.4) is 0 Å². The predicted molar refractivity (Wildman–Crippen MR) is 73.3 cm³/mol. The topological polar surface area (TPSA) is 49.8 Å². The highest BCUT2D eigenvalue weighted by Crippen LogP contribution is 2.17. The molecule has 1 N–H and O–H groups in total. The molecular formula is C15H19NO3. The van der Waals surface area contributed by atoms with Crippen LogP contribution in [-0.4, -0.2) is 41.7 Å². The molecule has 1 fully saturated rings. The summed E-state index contributed by atoms with van der Waals surface area (Å²) in [6.45, 7) is 5.17. The maximum Gasteiger partial charge on any atom is 0.253 e. The molecule has 1 saturated heterocycles. The smallest absolute Gasteiger partial charge is 0.253 e. The number of nitrogens with zero attached hydrogens (tertiary/aromatic N) is 1. The Morgan fingerprint density at radius 3 is 2.84 bits per heavy atom. The van der Waals surface area contributed by atoms with Gasteiger partial charge >= 0.3 is 0 Å². The quantitative estimate of drug-likeness (QED) is 0.841. The van der Waals surface area contributed by atoms with Crippen molar-refractivity contribution in [1.82, 2.24) is 4.90 Å². The standard InChI is InChI=1S/C15H19NO3/c1-2-10-19-14-7-5-12(6-8-14)15(18)16-9-3-4-13(17)11-16/h2,5-8,13,17H,1,3-4,9-11H2. The van der Waals surface area contributed by atoms with Crippen LogP contribution in [-0.2, 0) is 0 Å². The zero-order chi connectivity index (χ0) is 13.7. The number of hydrogen-bond acceptors (Lipinski definition) is 3. The van der Waals surface area contributed by atoms with Gasteiger partial charge in [-0.1, -0.05) is 12.7 Å². The number of ether oxygens (including phenoxy) is 1. The number of amides is 1. The number of piperidine rings is 1. The monoisotopic (exact) mass is 261 g/mol. The number of aliphatic hydroxyl groups excluding tert-OH is 1. The number of aliphatic hydroxyl groups is 1. The van der Waals surface area contributed by atoms with E-state index in [0.717, 1.165) is 18.6 Å². The third-order valence-corrected chi connectivity index (χ3v) is 3.15. The molecule has 2 rings (SSSR count). The average Bonchev–Trinajstić information content (AvgIpc) is 2.45. The fraction of sp³-hybridized carbons (Fsp3) is 0.400. The van der Waals surface area contributed by atoms with Crippen molar-refractivity contribution >= 4 is 5.91 Å². The van der Waals surface area contributed by atoms with E-state index in [2.05, 4.69) is 6.58 Å². The van der Waals surface area contributed by atoms with Gasteiger partial charge in [0.2, 0.25) is 0 Å². The Bertz CT molecular complexity index is 441. The number of rotatable bonds is 4. The van der Waals surface area contributed by atoms with Crippen LogP contribution in [0.4, 0.5) is 0 Å². The molecule has 0 bridgehead atoms. The third-order valence-electron chi connectivity index (χ3n) is 3.15. The number of β-amino-alcohol motifs (C(OH)–C–C–N with tert-alkyl or cyclic N) is 1. The molecule has 1 amide bonds. The number of benzene rings is 1. The maximum absolute atomic E-state index is 12.2. The molecule has 1 aliphatic heterocycles. The van der Waals surface area contributed by atoms with E-state index in [0.29, 0.717) is 25.3 Å². The van der Waals surface area contributed by atoms with Crippen LogP contribution >= 0.6 is 0 Å². The van der Waals surface area contributed by atoms with E-state index < -0.39 is 6.10 Å². The highest BCUT2D eigenvalue weighted by Gasteiger charge is 2.22. The molecule has 1 unspecified atom stereocenters. The molecule has 0 aromatic heterocycles. The summed E-state index contributed by atoms with van der Waals surface area (Å²) in [4.78, 5) is 13.9. The second kappa shape index (κ2) is 6.38. The van der Waals surface area contributed by atoms with Crippen molar-refractivity contribution in [3.8, 4) is 5.75 Å². The van der Waals surface area contributed by atoms with Crippen LogP contribution in [0.15, 0.2) is 36.9 Å². The molecule has 102 valence electrons. The molecular weight excluding hydrogens is 242 g/mol. The summed E-state index contributed by atoms with van der Waals surface area (Å²) in [5.74, 6) is 0.684. The van der Waals surface area contributed by atoms with Crippen molar-refractivity contribution in [2.75, 3.05) is 19.7 Å². The lowest BCUT2D eigenvalue weighted by molar-refractivity contribution is 0.0473. The minimum atomic E-state index is -0.395. The number of carbonyl (C=O) groups excluding carboxylic acids is 1. The Morgan fingerprint density at radius 1 is 1.47 bits per heavy atom. The summed E-state index contributed by atoms with van der Waals surface area (Å²) < 4.78 is 5.37. The molecule has 1 aliphatic rings. The van der Waals surface area contributed by atoms with Crippen LogP contribution in [0, 0.1) is 0 Å². The Balaban J connectivity index is 2.00. The molecule has 4 nitrogen and oxygen atoms in total. The Morgan fingerprint density at radius 2 is 2.21 bits per heavy atom. The molecule has 19 heavy (non-hydrogen) atoms. The minimum Gasteiger partial charge on any atom is -0.490 e. The molecule has 0 radical (unpaired) electrons. The van der Waals surface area contributed by atoms with Crippen molar-refractivity contribution in [3.05, 3.63) is 42.5 Å². The molecule has 4 heteroatoms. The van der Waals surface area contributed by atoms with Gasteiger partial charge in [0.05, 0.1) is 6.10 Å². The zero-order valence-corrected chi connectivity index (χ0v) is 10.9. The van der Waals surface area contributed by atoms with E-state index in [1.807, 2.05) is 0 Å². The number of carbonyl (C=O) groups is 1. The second-order valence-electron chi connectivity index (χ2n) is 4.67. The normalized spacial score (nSPS) is 19.0. The molecule has 1 aromatic rings. The fourth-order valence-electron chi connectivity index (χ4n) is 2.17. The van der Waals surface area contributed by atoms with E-state index in [9.17, 15) is 9.90 Å². The van der Waals surface area contributed by atoms with E-state index in [-0.39, 0.29) is 5.91 Å². The van der Waals surface area contributed by atoms with Gasteiger partial charge in [-0.25, -0.2) is 0 Å². The number of likely N-dealkylation sites (tertiary alicyclic amines) is 1. The van der Waals surface area contributed by atoms with Gasteiger partial charge < -0.3 is 14.7 Å². The SMILES string of the molecule is C=CCOc1ccc(C(=O)N2CCCC(O)C2)cc1. The van der Waals surface area contributed by atoms with Crippen molar-refractivity contribution in [2.45, 2.75) is 18.9 Å². The first-order chi connectivity index (χ1) is 9.20.